The highest BCUT2D eigenvalue weighted by atomic mass is 16.5. The number of carbonyl (C=O) groups is 1. The SMILES string of the molecule is Cc1noc(C[C@@H]2C[C@@H]3CN(C(=O)Cc4ccco4)C[C@@H]3O2)n1. The Hall–Kier alpha value is -2.15. The number of hydrogen-bond donors (Lipinski definition) is 0. The van der Waals surface area contributed by atoms with Gasteiger partial charge in [0, 0.05) is 19.0 Å². The van der Waals surface area contributed by atoms with Crippen molar-refractivity contribution in [1.82, 2.24) is 15.0 Å². The van der Waals surface area contributed by atoms with Gasteiger partial charge in [0.15, 0.2) is 5.82 Å². The van der Waals surface area contributed by atoms with Gasteiger partial charge in [-0.1, -0.05) is 5.16 Å². The van der Waals surface area contributed by atoms with E-state index in [4.69, 9.17) is 13.7 Å². The Morgan fingerprint density at radius 1 is 1.43 bits per heavy atom. The Morgan fingerprint density at radius 2 is 2.35 bits per heavy atom. The third-order valence-corrected chi connectivity index (χ3v) is 4.54. The van der Waals surface area contributed by atoms with Gasteiger partial charge in [0.1, 0.15) is 5.76 Å². The van der Waals surface area contributed by atoms with Crippen molar-refractivity contribution in [3.8, 4) is 0 Å². The van der Waals surface area contributed by atoms with E-state index in [2.05, 4.69) is 10.1 Å². The van der Waals surface area contributed by atoms with E-state index in [1.165, 1.54) is 0 Å². The number of ether oxygens (including phenoxy) is 1. The Morgan fingerprint density at radius 3 is 3.04 bits per heavy atom. The van der Waals surface area contributed by atoms with Gasteiger partial charge in [-0.3, -0.25) is 4.79 Å². The second kappa shape index (κ2) is 5.81. The van der Waals surface area contributed by atoms with Crippen LogP contribution in [0.4, 0.5) is 0 Å². The summed E-state index contributed by atoms with van der Waals surface area (Å²) in [5.41, 5.74) is 0. The Kier molecular flexibility index (Phi) is 3.65. The van der Waals surface area contributed by atoms with Crippen molar-refractivity contribution >= 4 is 5.91 Å². The number of likely N-dealkylation sites (tertiary alicyclic amines) is 1. The summed E-state index contributed by atoms with van der Waals surface area (Å²) >= 11 is 0. The first-order chi connectivity index (χ1) is 11.2. The smallest absolute Gasteiger partial charge is 0.230 e. The van der Waals surface area contributed by atoms with Gasteiger partial charge < -0.3 is 18.6 Å². The number of carbonyl (C=O) groups excluding carboxylic acids is 1. The number of fused-ring (bicyclic) bond motifs is 1. The first kappa shape index (κ1) is 14.4. The van der Waals surface area contributed by atoms with Crippen LogP contribution in [0.1, 0.15) is 23.9 Å². The lowest BCUT2D eigenvalue weighted by atomic mass is 10.0. The van der Waals surface area contributed by atoms with Gasteiger partial charge >= 0.3 is 0 Å². The van der Waals surface area contributed by atoms with E-state index in [-0.39, 0.29) is 18.1 Å². The van der Waals surface area contributed by atoms with Crippen LogP contribution < -0.4 is 0 Å². The molecule has 7 nitrogen and oxygen atoms in total. The molecule has 2 aliphatic heterocycles. The van der Waals surface area contributed by atoms with E-state index < -0.39 is 0 Å². The van der Waals surface area contributed by atoms with E-state index in [0.29, 0.717) is 42.8 Å². The number of nitrogens with zero attached hydrogens (tertiary/aromatic N) is 3. The van der Waals surface area contributed by atoms with Gasteiger partial charge in [-0.2, -0.15) is 4.98 Å². The second-order valence-corrected chi connectivity index (χ2v) is 6.29. The lowest BCUT2D eigenvalue weighted by molar-refractivity contribution is -0.130. The second-order valence-electron chi connectivity index (χ2n) is 6.29. The Balaban J connectivity index is 1.30. The molecule has 2 aliphatic rings. The molecule has 0 saturated carbocycles. The molecule has 3 atom stereocenters. The van der Waals surface area contributed by atoms with Crippen molar-refractivity contribution in [1.29, 1.82) is 0 Å². The van der Waals surface area contributed by atoms with E-state index >= 15 is 0 Å². The molecule has 0 radical (unpaired) electrons. The molecular weight excluding hydrogens is 298 g/mol. The minimum Gasteiger partial charge on any atom is -0.469 e. The Labute approximate surface area is 133 Å². The van der Waals surface area contributed by atoms with Gasteiger partial charge in [-0.05, 0) is 25.5 Å². The van der Waals surface area contributed by atoms with Crippen LogP contribution in [-0.2, 0) is 22.4 Å². The Bertz CT molecular complexity index is 667. The predicted octanol–water partition coefficient (Wildman–Crippen LogP) is 1.37. The van der Waals surface area contributed by atoms with Gasteiger partial charge in [-0.25, -0.2) is 0 Å². The molecule has 0 unspecified atom stereocenters. The number of furan rings is 1. The summed E-state index contributed by atoms with van der Waals surface area (Å²) in [6.07, 6.45) is 3.70. The molecule has 0 aromatic carbocycles. The number of aryl methyl sites for hydroxylation is 1. The highest BCUT2D eigenvalue weighted by molar-refractivity contribution is 5.78. The maximum Gasteiger partial charge on any atom is 0.230 e. The monoisotopic (exact) mass is 317 g/mol. The summed E-state index contributed by atoms with van der Waals surface area (Å²) in [5.74, 6) is 2.47. The first-order valence-corrected chi connectivity index (χ1v) is 7.92. The molecule has 0 N–H and O–H groups in total. The molecule has 0 aliphatic carbocycles. The molecule has 122 valence electrons. The zero-order chi connectivity index (χ0) is 15.8. The molecule has 2 saturated heterocycles. The van der Waals surface area contributed by atoms with Gasteiger partial charge in [0.25, 0.3) is 0 Å². The zero-order valence-electron chi connectivity index (χ0n) is 13.0. The average Bonchev–Trinajstić information content (AvgIpc) is 3.23. The zero-order valence-corrected chi connectivity index (χ0v) is 13.0. The van der Waals surface area contributed by atoms with Crippen molar-refractivity contribution in [2.75, 3.05) is 13.1 Å². The van der Waals surface area contributed by atoms with Gasteiger partial charge in [0.2, 0.25) is 11.8 Å². The molecule has 0 spiro atoms. The van der Waals surface area contributed by atoms with Crippen molar-refractivity contribution in [2.24, 2.45) is 5.92 Å². The first-order valence-electron chi connectivity index (χ1n) is 7.92. The van der Waals surface area contributed by atoms with Crippen LogP contribution in [0.2, 0.25) is 0 Å². The normalized spacial score (nSPS) is 26.7. The minimum atomic E-state index is 0.0991. The molecule has 2 fully saturated rings. The van der Waals surface area contributed by atoms with Crippen molar-refractivity contribution in [3.05, 3.63) is 35.9 Å². The minimum absolute atomic E-state index is 0.0991. The third kappa shape index (κ3) is 3.01. The lowest BCUT2D eigenvalue weighted by Gasteiger charge is -2.18. The highest BCUT2D eigenvalue weighted by Crippen LogP contribution is 2.34. The van der Waals surface area contributed by atoms with E-state index in [1.807, 2.05) is 11.0 Å². The molecule has 4 rings (SSSR count). The van der Waals surface area contributed by atoms with Gasteiger partial charge in [-0.15, -0.1) is 0 Å². The third-order valence-electron chi connectivity index (χ3n) is 4.54. The molecule has 2 aromatic rings. The number of hydrogen-bond acceptors (Lipinski definition) is 6. The van der Waals surface area contributed by atoms with Gasteiger partial charge in [0.05, 0.1) is 31.3 Å². The van der Waals surface area contributed by atoms with Crippen molar-refractivity contribution in [3.63, 3.8) is 0 Å². The number of aromatic nitrogens is 2. The maximum atomic E-state index is 12.3. The molecule has 4 heterocycles. The number of rotatable bonds is 4. The number of amides is 1. The van der Waals surface area contributed by atoms with Crippen molar-refractivity contribution in [2.45, 2.75) is 38.4 Å². The van der Waals surface area contributed by atoms with Crippen LogP contribution in [0.25, 0.3) is 0 Å². The topological polar surface area (TPSA) is 81.6 Å². The van der Waals surface area contributed by atoms with Crippen LogP contribution in [0.15, 0.2) is 27.3 Å². The standard InChI is InChI=1S/C16H19N3O4/c1-10-17-15(23-18-10)6-13-5-11-8-19(9-14(11)22-13)16(20)7-12-3-2-4-21-12/h2-4,11,13-14H,5-9H2,1H3/t11-,13+,14+/m1/s1. The summed E-state index contributed by atoms with van der Waals surface area (Å²) in [6.45, 7) is 3.22. The van der Waals surface area contributed by atoms with E-state index in [9.17, 15) is 4.79 Å². The maximum absolute atomic E-state index is 12.3. The fourth-order valence-corrected chi connectivity index (χ4v) is 3.49. The molecule has 1 amide bonds. The quantitative estimate of drug-likeness (QED) is 0.847. The van der Waals surface area contributed by atoms with Crippen LogP contribution in [0.3, 0.4) is 0 Å². The lowest BCUT2D eigenvalue weighted by Crippen LogP contribution is -2.32. The fourth-order valence-electron chi connectivity index (χ4n) is 3.49. The van der Waals surface area contributed by atoms with E-state index in [0.717, 1.165) is 13.0 Å². The molecule has 2 aromatic heterocycles. The molecule has 7 heteroatoms. The summed E-state index contributed by atoms with van der Waals surface area (Å²) in [6, 6.07) is 3.63. The summed E-state index contributed by atoms with van der Waals surface area (Å²) in [7, 11) is 0. The summed E-state index contributed by atoms with van der Waals surface area (Å²) in [4.78, 5) is 18.4. The molecular formula is C16H19N3O4. The summed E-state index contributed by atoms with van der Waals surface area (Å²) < 4.78 is 16.5. The van der Waals surface area contributed by atoms with Crippen LogP contribution >= 0.6 is 0 Å². The van der Waals surface area contributed by atoms with Crippen LogP contribution in [0, 0.1) is 12.8 Å². The highest BCUT2D eigenvalue weighted by Gasteiger charge is 2.43. The van der Waals surface area contributed by atoms with Crippen molar-refractivity contribution < 1.29 is 18.5 Å². The van der Waals surface area contributed by atoms with Crippen LogP contribution in [-0.4, -0.2) is 46.2 Å². The van der Waals surface area contributed by atoms with Crippen LogP contribution in [0.5, 0.6) is 0 Å². The fraction of sp³-hybridized carbons (Fsp3) is 0.562. The summed E-state index contributed by atoms with van der Waals surface area (Å²) in [5, 5.41) is 3.80. The predicted molar refractivity (Wildman–Crippen MR) is 78.5 cm³/mol. The van der Waals surface area contributed by atoms with E-state index in [1.54, 1.807) is 19.3 Å². The molecule has 0 bridgehead atoms. The molecule has 23 heavy (non-hydrogen) atoms. The average molecular weight is 317 g/mol. The largest absolute Gasteiger partial charge is 0.469 e.